The van der Waals surface area contributed by atoms with E-state index in [0.717, 1.165) is 0 Å². The molecule has 0 fully saturated rings. The number of rotatable bonds is 6. The van der Waals surface area contributed by atoms with Gasteiger partial charge in [-0.3, -0.25) is 14.0 Å². The summed E-state index contributed by atoms with van der Waals surface area (Å²) in [5.41, 5.74) is -6.21. The number of halogens is 17. The van der Waals surface area contributed by atoms with E-state index in [1.165, 1.54) is 0 Å². The van der Waals surface area contributed by atoms with Crippen molar-refractivity contribution in [2.75, 3.05) is 0 Å². The van der Waals surface area contributed by atoms with Gasteiger partial charge in [0, 0.05) is 0 Å². The van der Waals surface area contributed by atoms with Gasteiger partial charge in [0.1, 0.15) is 17.1 Å². The second-order valence-corrected chi connectivity index (χ2v) is 8.96. The van der Waals surface area contributed by atoms with E-state index in [1.807, 2.05) is 0 Å². The minimum atomic E-state index is -6.23. The fraction of sp³-hybridized carbons (Fsp3) is 0.375. The van der Waals surface area contributed by atoms with Gasteiger partial charge < -0.3 is 0 Å². The molecule has 0 atom stereocenters. The van der Waals surface area contributed by atoms with Crippen molar-refractivity contribution >= 4 is 20.2 Å². The normalized spacial score (nSPS) is 13.7. The van der Waals surface area contributed by atoms with Gasteiger partial charge in [-0.25, -0.2) is 0 Å². The van der Waals surface area contributed by atoms with Crippen molar-refractivity contribution in [1.29, 1.82) is 0 Å². The summed E-state index contributed by atoms with van der Waals surface area (Å²) in [4.78, 5) is 0. The Morgan fingerprint density at radius 1 is 0.500 bits per heavy atom. The van der Waals surface area contributed by atoms with Gasteiger partial charge in [0.05, 0.1) is 0 Å². The van der Waals surface area contributed by atoms with Crippen LogP contribution >= 0.6 is 20.2 Å². The van der Waals surface area contributed by atoms with Gasteiger partial charge in [0.15, 0.2) is 6.29 Å². The van der Waals surface area contributed by atoms with E-state index in [1.54, 1.807) is 0 Å². The zero-order valence-corrected chi connectivity index (χ0v) is 20.6. The van der Waals surface area contributed by atoms with Gasteiger partial charge in [-0.1, -0.05) is 18.2 Å². The Kier molecular flexibility index (Phi) is 9.35. The Labute approximate surface area is 225 Å². The Morgan fingerprint density at radius 3 is 0.875 bits per heavy atom. The summed E-state index contributed by atoms with van der Waals surface area (Å²) in [6.45, 7) is 0. The van der Waals surface area contributed by atoms with Gasteiger partial charge in [0.25, 0.3) is 0 Å². The molecule has 0 radical (unpaired) electrons. The number of nitrogens with zero attached hydrogens (tertiary/aromatic N) is 6. The molecule has 0 saturated carbocycles. The van der Waals surface area contributed by atoms with Gasteiger partial charge in [0.2, 0.25) is 0 Å². The molecule has 3 aromatic rings. The standard InChI is InChI=1S/C16H6F15N6.2ClH.Mn/c17-11(18,14(23,24)25)7-1-4-35(32-7)10(36-5-2-8(33-36)12(19,20)15(26,27)28)37-6-3-9(34-37)13(21,22)16(29,30)31;;;/h1-6H;2*1H;/q-1;;;+2/p-2. The van der Waals surface area contributed by atoms with E-state index in [-0.39, 0.29) is 64.0 Å². The number of alkyl halides is 15. The Balaban J connectivity index is 0.00000178. The van der Waals surface area contributed by atoms with Gasteiger partial charge in [-0.05, 0) is 18.6 Å². The van der Waals surface area contributed by atoms with E-state index in [2.05, 4.69) is 15.3 Å². The summed E-state index contributed by atoms with van der Waals surface area (Å²) >= 11 is 0.00694. The predicted molar refractivity (Wildman–Crippen MR) is 97.7 cm³/mol. The molecule has 0 aliphatic rings. The molecule has 0 aliphatic carbocycles. The summed E-state index contributed by atoms with van der Waals surface area (Å²) in [7, 11) is 9.59. The predicted octanol–water partition coefficient (Wildman–Crippen LogP) is 7.01. The van der Waals surface area contributed by atoms with Crippen LogP contribution in [0.1, 0.15) is 17.1 Å². The summed E-state index contributed by atoms with van der Waals surface area (Å²) in [5, 5.41) is 8.43. The van der Waals surface area contributed by atoms with Gasteiger partial charge in [-0.2, -0.15) is 81.2 Å². The van der Waals surface area contributed by atoms with Crippen molar-refractivity contribution in [1.82, 2.24) is 29.3 Å². The van der Waals surface area contributed by atoms with Gasteiger partial charge in [-0.15, -0.1) is 0 Å². The second-order valence-electron chi connectivity index (χ2n) is 7.01. The van der Waals surface area contributed by atoms with Crippen molar-refractivity contribution in [2.24, 2.45) is 0 Å². The third-order valence-corrected chi connectivity index (χ3v) is 4.42. The molecule has 3 heterocycles. The topological polar surface area (TPSA) is 53.5 Å². The molecule has 0 amide bonds. The molecule has 24 heteroatoms. The van der Waals surface area contributed by atoms with Crippen molar-refractivity contribution in [3.8, 4) is 0 Å². The van der Waals surface area contributed by atoms with E-state index >= 15 is 0 Å². The average molecular weight is 693 g/mol. The van der Waals surface area contributed by atoms with E-state index in [4.69, 9.17) is 20.2 Å². The van der Waals surface area contributed by atoms with E-state index in [9.17, 15) is 65.9 Å². The molecule has 227 valence electrons. The molecular formula is C16H6Cl2F15MnN6-. The molecule has 3 aromatic heterocycles. The van der Waals surface area contributed by atoms with Crippen LogP contribution < -0.4 is 0 Å². The first-order valence-corrected chi connectivity index (χ1v) is 12.5. The van der Waals surface area contributed by atoms with Crippen LogP contribution in [0, 0.1) is 6.29 Å². The van der Waals surface area contributed by atoms with Crippen molar-refractivity contribution in [3.05, 3.63) is 60.2 Å². The number of hydrogen-bond donors (Lipinski definition) is 0. The first-order valence-electron chi connectivity index (χ1n) is 9.20. The van der Waals surface area contributed by atoms with E-state index in [0.29, 0.717) is 0 Å². The fourth-order valence-electron chi connectivity index (χ4n) is 2.56. The molecule has 0 aliphatic heterocycles. The number of aromatic nitrogens is 6. The molecule has 0 spiro atoms. The Morgan fingerprint density at radius 2 is 0.700 bits per heavy atom. The average Bonchev–Trinajstić information content (AvgIpc) is 3.54. The molecule has 0 N–H and O–H groups in total. The van der Waals surface area contributed by atoms with Gasteiger partial charge >= 0.3 is 69.6 Å². The van der Waals surface area contributed by atoms with Crippen LogP contribution in [0.3, 0.4) is 0 Å². The summed E-state index contributed by atoms with van der Waals surface area (Å²) in [5.74, 6) is -17.0. The molecule has 3 rings (SSSR count). The first kappa shape index (κ1) is 33.8. The van der Waals surface area contributed by atoms with Crippen molar-refractivity contribution in [2.45, 2.75) is 36.3 Å². The molecular weight excluding hydrogens is 687 g/mol. The Bertz CT molecular complexity index is 1120. The summed E-state index contributed by atoms with van der Waals surface area (Å²) in [6, 6.07) is -0.00908. The summed E-state index contributed by atoms with van der Waals surface area (Å²) in [6.07, 6.45) is -19.3. The molecule has 40 heavy (non-hydrogen) atoms. The molecule has 6 nitrogen and oxygen atoms in total. The van der Waals surface area contributed by atoms with E-state index < -0.39 is 59.7 Å². The minimum absolute atomic E-state index is 0.00303. The van der Waals surface area contributed by atoms with Crippen LogP contribution in [-0.2, 0) is 30.9 Å². The van der Waals surface area contributed by atoms with Crippen molar-refractivity contribution < 1.29 is 79.0 Å². The van der Waals surface area contributed by atoms with Crippen molar-refractivity contribution in [3.63, 3.8) is 0 Å². The monoisotopic (exact) mass is 692 g/mol. The first-order chi connectivity index (χ1) is 17.9. The van der Waals surface area contributed by atoms with Crippen LogP contribution in [0.4, 0.5) is 65.9 Å². The fourth-order valence-corrected chi connectivity index (χ4v) is 2.56. The van der Waals surface area contributed by atoms with Crippen LogP contribution in [0.5, 0.6) is 0 Å². The zero-order valence-electron chi connectivity index (χ0n) is 18.0. The zero-order chi connectivity index (χ0) is 31.1. The SMILES string of the molecule is FC(F)(F)C(F)(F)c1ccn([C-](n2ccc(C(F)(F)C(F)(F)F)n2)n2ccc(C(F)(F)C(F)(F)F)n2)n1.[Cl][Mn][Cl]. The number of hydrogen-bond acceptors (Lipinski definition) is 3. The van der Waals surface area contributed by atoms with Crippen LogP contribution in [-0.4, -0.2) is 47.9 Å². The molecule has 0 aromatic carbocycles. The summed E-state index contributed by atoms with van der Waals surface area (Å²) < 4.78 is 195. The quantitative estimate of drug-likeness (QED) is 0.159. The van der Waals surface area contributed by atoms with Crippen LogP contribution in [0.15, 0.2) is 36.8 Å². The third kappa shape index (κ3) is 6.38. The van der Waals surface area contributed by atoms with Crippen LogP contribution in [0.2, 0.25) is 0 Å². The van der Waals surface area contributed by atoms with Crippen LogP contribution in [0.25, 0.3) is 0 Å². The second kappa shape index (κ2) is 11.1. The molecule has 0 unspecified atom stereocenters. The maximum absolute atomic E-state index is 13.6. The maximum atomic E-state index is 13.6. The molecule has 0 bridgehead atoms. The third-order valence-electron chi connectivity index (χ3n) is 4.42. The molecule has 0 saturated heterocycles. The Hall–Kier alpha value is -2.45.